The van der Waals surface area contributed by atoms with Gasteiger partial charge in [0.2, 0.25) is 0 Å². The van der Waals surface area contributed by atoms with Crippen LogP contribution in [0.2, 0.25) is 0 Å². The topological polar surface area (TPSA) is 29.5 Å². The van der Waals surface area contributed by atoms with Gasteiger partial charge in [0.25, 0.3) is 0 Å². The summed E-state index contributed by atoms with van der Waals surface area (Å²) in [7, 11) is 4.14. The molecule has 0 aliphatic heterocycles. The maximum absolute atomic E-state index is 11.1. The first-order valence-electron chi connectivity index (χ1n) is 5.90. The Balaban J connectivity index is 2.38. The molecule has 0 bridgehead atoms. The molecule has 0 radical (unpaired) electrons. The molecule has 3 nitrogen and oxygen atoms in total. The second kappa shape index (κ2) is 5.70. The van der Waals surface area contributed by atoms with Crippen molar-refractivity contribution in [2.24, 2.45) is 0 Å². The Bertz CT molecular complexity index is 560. The average molecular weight is 310 g/mol. The van der Waals surface area contributed by atoms with Gasteiger partial charge in [0.15, 0.2) is 0 Å². The first-order chi connectivity index (χ1) is 8.58. The molecule has 1 heterocycles. The summed E-state index contributed by atoms with van der Waals surface area (Å²) in [5, 5.41) is 1.15. The van der Waals surface area contributed by atoms with Crippen molar-refractivity contribution < 1.29 is 9.53 Å². The van der Waals surface area contributed by atoms with E-state index in [1.54, 1.807) is 0 Å². The van der Waals surface area contributed by atoms with Crippen molar-refractivity contribution in [3.8, 4) is 5.75 Å². The third kappa shape index (κ3) is 3.02. The van der Waals surface area contributed by atoms with Gasteiger partial charge in [-0.05, 0) is 0 Å². The standard InChI is InChI=1S/C14H17NO2Se/c1-10(16)17-12-5-4-6-13-14(12)11(9-18-13)7-8-15(2)3/h4-6,9H,7-8H2,1-3H3. The third-order valence-corrected chi connectivity index (χ3v) is 4.81. The monoisotopic (exact) mass is 311 g/mol. The predicted octanol–water partition coefficient (Wildman–Crippen LogP) is 1.93. The van der Waals surface area contributed by atoms with Gasteiger partial charge in [-0.25, -0.2) is 0 Å². The number of carbonyl (C=O) groups excluding carboxylic acids is 1. The Morgan fingerprint density at radius 1 is 1.39 bits per heavy atom. The number of hydrogen-bond acceptors (Lipinski definition) is 3. The minimum absolute atomic E-state index is 0.255. The number of ether oxygens (including phenoxy) is 1. The van der Waals surface area contributed by atoms with Crippen LogP contribution in [-0.2, 0) is 11.2 Å². The second-order valence-electron chi connectivity index (χ2n) is 4.54. The summed E-state index contributed by atoms with van der Waals surface area (Å²) in [4.78, 5) is 15.6. The fourth-order valence-corrected chi connectivity index (χ4v) is 4.01. The van der Waals surface area contributed by atoms with E-state index in [9.17, 15) is 4.79 Å². The summed E-state index contributed by atoms with van der Waals surface area (Å²) >= 11 is 0.368. The Morgan fingerprint density at radius 2 is 2.17 bits per heavy atom. The molecule has 1 aromatic carbocycles. The average Bonchev–Trinajstić information content (AvgIpc) is 2.70. The van der Waals surface area contributed by atoms with Crippen LogP contribution in [0.5, 0.6) is 5.75 Å². The number of nitrogens with zero attached hydrogens (tertiary/aromatic N) is 1. The molecule has 0 fully saturated rings. The van der Waals surface area contributed by atoms with Crippen LogP contribution in [0.1, 0.15) is 12.5 Å². The van der Waals surface area contributed by atoms with Crippen molar-refractivity contribution >= 4 is 30.1 Å². The molecular weight excluding hydrogens is 293 g/mol. The molecule has 0 N–H and O–H groups in total. The van der Waals surface area contributed by atoms with E-state index in [1.807, 2.05) is 12.1 Å². The van der Waals surface area contributed by atoms with E-state index in [2.05, 4.69) is 30.0 Å². The Kier molecular flexibility index (Phi) is 4.23. The Morgan fingerprint density at radius 3 is 2.83 bits per heavy atom. The quantitative estimate of drug-likeness (QED) is 0.491. The van der Waals surface area contributed by atoms with Crippen molar-refractivity contribution in [3.05, 3.63) is 28.7 Å². The van der Waals surface area contributed by atoms with E-state index < -0.39 is 0 Å². The normalized spacial score (nSPS) is 11.1. The molecule has 18 heavy (non-hydrogen) atoms. The molecule has 0 aliphatic rings. The van der Waals surface area contributed by atoms with Crippen molar-refractivity contribution in [2.45, 2.75) is 13.3 Å². The van der Waals surface area contributed by atoms with E-state index in [1.165, 1.54) is 16.7 Å². The second-order valence-corrected chi connectivity index (χ2v) is 6.45. The zero-order valence-corrected chi connectivity index (χ0v) is 12.6. The minimum atomic E-state index is -0.255. The third-order valence-electron chi connectivity index (χ3n) is 2.72. The van der Waals surface area contributed by atoms with Crippen LogP contribution >= 0.6 is 0 Å². The zero-order valence-electron chi connectivity index (χ0n) is 10.9. The molecular formula is C14H17NO2Se. The molecule has 0 atom stereocenters. The van der Waals surface area contributed by atoms with Gasteiger partial charge >= 0.3 is 113 Å². The Hall–Kier alpha value is -1.09. The van der Waals surface area contributed by atoms with Gasteiger partial charge in [0.05, 0.1) is 0 Å². The van der Waals surface area contributed by atoms with Gasteiger partial charge in [-0.1, -0.05) is 0 Å². The van der Waals surface area contributed by atoms with Crippen molar-refractivity contribution in [3.63, 3.8) is 0 Å². The Labute approximate surface area is 113 Å². The van der Waals surface area contributed by atoms with Gasteiger partial charge in [0.1, 0.15) is 0 Å². The molecule has 0 spiro atoms. The van der Waals surface area contributed by atoms with Crippen LogP contribution in [0.3, 0.4) is 0 Å². The number of rotatable bonds is 4. The number of carbonyl (C=O) groups is 1. The first kappa shape index (κ1) is 13.3. The molecule has 0 aliphatic carbocycles. The summed E-state index contributed by atoms with van der Waals surface area (Å²) in [6.07, 6.45) is 1.00. The van der Waals surface area contributed by atoms with Crippen LogP contribution < -0.4 is 4.74 Å². The zero-order chi connectivity index (χ0) is 13.1. The summed E-state index contributed by atoms with van der Waals surface area (Å²) in [6, 6.07) is 5.97. The van der Waals surface area contributed by atoms with E-state index in [4.69, 9.17) is 4.74 Å². The van der Waals surface area contributed by atoms with Gasteiger partial charge in [0, 0.05) is 0 Å². The summed E-state index contributed by atoms with van der Waals surface area (Å²) in [5.41, 5.74) is 1.32. The van der Waals surface area contributed by atoms with Gasteiger partial charge in [-0.3, -0.25) is 0 Å². The number of fused-ring (bicyclic) bond motifs is 1. The maximum atomic E-state index is 11.1. The molecule has 0 saturated heterocycles. The van der Waals surface area contributed by atoms with Crippen LogP contribution in [0.25, 0.3) is 9.65 Å². The molecule has 96 valence electrons. The van der Waals surface area contributed by atoms with Gasteiger partial charge in [-0.2, -0.15) is 0 Å². The van der Waals surface area contributed by atoms with Crippen LogP contribution in [0.4, 0.5) is 0 Å². The van der Waals surface area contributed by atoms with Crippen molar-refractivity contribution in [2.75, 3.05) is 20.6 Å². The van der Waals surface area contributed by atoms with E-state index in [0.717, 1.165) is 18.4 Å². The molecule has 2 rings (SSSR count). The number of esters is 1. The molecule has 4 heteroatoms. The van der Waals surface area contributed by atoms with Gasteiger partial charge in [-0.15, -0.1) is 0 Å². The molecule has 0 amide bonds. The van der Waals surface area contributed by atoms with Gasteiger partial charge < -0.3 is 0 Å². The van der Waals surface area contributed by atoms with Crippen molar-refractivity contribution in [1.29, 1.82) is 0 Å². The van der Waals surface area contributed by atoms with Crippen molar-refractivity contribution in [1.82, 2.24) is 4.90 Å². The fraction of sp³-hybridized carbons (Fsp3) is 0.357. The van der Waals surface area contributed by atoms with Crippen LogP contribution in [0, 0.1) is 0 Å². The summed E-state index contributed by atoms with van der Waals surface area (Å²) in [6.45, 7) is 2.46. The van der Waals surface area contributed by atoms with E-state index >= 15 is 0 Å². The number of likely N-dealkylation sites (N-methyl/N-ethyl adjacent to an activating group) is 1. The predicted molar refractivity (Wildman–Crippen MR) is 74.5 cm³/mol. The SMILES string of the molecule is CC(=O)Oc1cccc2[se]cc(CCN(C)C)c12. The molecule has 2 aromatic rings. The summed E-state index contributed by atoms with van der Waals surface area (Å²) < 4.78 is 6.63. The fourth-order valence-electron chi connectivity index (χ4n) is 1.89. The molecule has 0 saturated carbocycles. The summed E-state index contributed by atoms with van der Waals surface area (Å²) in [5.74, 6) is 0.458. The number of hydrogen-bond donors (Lipinski definition) is 0. The number of benzene rings is 1. The molecule has 0 unspecified atom stereocenters. The first-order valence-corrected chi connectivity index (χ1v) is 7.74. The van der Waals surface area contributed by atoms with Crippen LogP contribution in [0.15, 0.2) is 23.1 Å². The van der Waals surface area contributed by atoms with E-state index in [-0.39, 0.29) is 5.97 Å². The van der Waals surface area contributed by atoms with Crippen LogP contribution in [-0.4, -0.2) is 46.0 Å². The van der Waals surface area contributed by atoms with E-state index in [0.29, 0.717) is 20.3 Å². The molecule has 1 aromatic heterocycles.